The monoisotopic (exact) mass is 370 g/mol. The SMILES string of the molecule is CC(C)CN1CCOC(CNC(=O)/C=C/c2cccc(Cl)c2Cl)C1. The van der Waals surface area contributed by atoms with Gasteiger partial charge in [0.25, 0.3) is 0 Å². The van der Waals surface area contributed by atoms with Crippen molar-refractivity contribution in [1.29, 1.82) is 0 Å². The first-order chi connectivity index (χ1) is 11.5. The van der Waals surface area contributed by atoms with E-state index in [1.165, 1.54) is 6.08 Å². The highest BCUT2D eigenvalue weighted by Gasteiger charge is 2.21. The van der Waals surface area contributed by atoms with Crippen molar-refractivity contribution in [3.63, 3.8) is 0 Å². The molecule has 0 saturated carbocycles. The number of rotatable bonds is 6. The van der Waals surface area contributed by atoms with Crippen LogP contribution in [0.5, 0.6) is 0 Å². The molecule has 0 aromatic heterocycles. The Hall–Kier alpha value is -1.07. The molecule has 1 amide bonds. The largest absolute Gasteiger partial charge is 0.374 e. The molecule has 1 N–H and O–H groups in total. The van der Waals surface area contributed by atoms with Gasteiger partial charge in [-0.15, -0.1) is 0 Å². The zero-order valence-electron chi connectivity index (χ0n) is 14.1. The van der Waals surface area contributed by atoms with Crippen LogP contribution in [0.4, 0.5) is 0 Å². The van der Waals surface area contributed by atoms with Gasteiger partial charge in [-0.3, -0.25) is 9.69 Å². The van der Waals surface area contributed by atoms with Crippen molar-refractivity contribution in [2.45, 2.75) is 20.0 Å². The summed E-state index contributed by atoms with van der Waals surface area (Å²) in [5.41, 5.74) is 0.719. The highest BCUT2D eigenvalue weighted by atomic mass is 35.5. The predicted octanol–water partition coefficient (Wildman–Crippen LogP) is 3.48. The van der Waals surface area contributed by atoms with Crippen LogP contribution in [-0.4, -0.2) is 49.7 Å². The summed E-state index contributed by atoms with van der Waals surface area (Å²) in [6.45, 7) is 8.48. The van der Waals surface area contributed by atoms with Gasteiger partial charge >= 0.3 is 0 Å². The summed E-state index contributed by atoms with van der Waals surface area (Å²) in [4.78, 5) is 14.4. The molecule has 1 fully saturated rings. The molecule has 1 atom stereocenters. The molecule has 132 valence electrons. The minimum atomic E-state index is -0.171. The van der Waals surface area contributed by atoms with Gasteiger partial charge in [-0.25, -0.2) is 0 Å². The highest BCUT2D eigenvalue weighted by Crippen LogP contribution is 2.26. The van der Waals surface area contributed by atoms with E-state index in [1.54, 1.807) is 18.2 Å². The van der Waals surface area contributed by atoms with E-state index in [-0.39, 0.29) is 12.0 Å². The molecule has 1 heterocycles. The van der Waals surface area contributed by atoms with Crippen LogP contribution >= 0.6 is 23.2 Å². The van der Waals surface area contributed by atoms with E-state index in [4.69, 9.17) is 27.9 Å². The third-order valence-electron chi connectivity index (χ3n) is 3.75. The lowest BCUT2D eigenvalue weighted by Gasteiger charge is -2.33. The number of nitrogens with zero attached hydrogens (tertiary/aromatic N) is 1. The lowest BCUT2D eigenvalue weighted by atomic mass is 10.2. The number of nitrogens with one attached hydrogen (secondary N) is 1. The van der Waals surface area contributed by atoms with Crippen molar-refractivity contribution in [3.8, 4) is 0 Å². The number of morpholine rings is 1. The van der Waals surface area contributed by atoms with E-state index < -0.39 is 0 Å². The molecule has 24 heavy (non-hydrogen) atoms. The maximum atomic E-state index is 12.0. The Labute approximate surface area is 153 Å². The Bertz CT molecular complexity index is 590. The fourth-order valence-electron chi connectivity index (χ4n) is 2.67. The summed E-state index contributed by atoms with van der Waals surface area (Å²) < 4.78 is 5.72. The lowest BCUT2D eigenvalue weighted by Crippen LogP contribution is -2.48. The van der Waals surface area contributed by atoms with Crippen LogP contribution in [0.15, 0.2) is 24.3 Å². The first kappa shape index (κ1) is 19.3. The van der Waals surface area contributed by atoms with E-state index in [9.17, 15) is 4.79 Å². The number of ether oxygens (including phenoxy) is 1. The fourth-order valence-corrected chi connectivity index (χ4v) is 3.04. The number of carbonyl (C=O) groups is 1. The highest BCUT2D eigenvalue weighted by molar-refractivity contribution is 6.42. The van der Waals surface area contributed by atoms with Crippen molar-refractivity contribution in [2.24, 2.45) is 5.92 Å². The quantitative estimate of drug-likeness (QED) is 0.779. The number of amides is 1. The molecule has 1 aromatic carbocycles. The summed E-state index contributed by atoms with van der Waals surface area (Å²) in [5.74, 6) is 0.458. The molecule has 2 rings (SSSR count). The normalized spacial score (nSPS) is 19.1. The van der Waals surface area contributed by atoms with Gasteiger partial charge in [0.1, 0.15) is 0 Å². The maximum Gasteiger partial charge on any atom is 0.244 e. The maximum absolute atomic E-state index is 12.0. The van der Waals surface area contributed by atoms with E-state index in [2.05, 4.69) is 24.1 Å². The van der Waals surface area contributed by atoms with Gasteiger partial charge in [-0.2, -0.15) is 0 Å². The Kier molecular flexibility index (Phi) is 7.56. The molecule has 0 bridgehead atoms. The first-order valence-corrected chi connectivity index (χ1v) is 8.95. The van der Waals surface area contributed by atoms with Crippen molar-refractivity contribution < 1.29 is 9.53 Å². The molecule has 1 aromatic rings. The van der Waals surface area contributed by atoms with E-state index >= 15 is 0 Å². The smallest absolute Gasteiger partial charge is 0.244 e. The van der Waals surface area contributed by atoms with Crippen LogP contribution < -0.4 is 5.32 Å². The molecule has 1 unspecified atom stereocenters. The van der Waals surface area contributed by atoms with Crippen molar-refractivity contribution in [3.05, 3.63) is 39.9 Å². The number of hydrogen-bond donors (Lipinski definition) is 1. The Morgan fingerprint density at radius 2 is 2.25 bits per heavy atom. The summed E-state index contributed by atoms with van der Waals surface area (Å²) in [6.07, 6.45) is 3.16. The number of hydrogen-bond acceptors (Lipinski definition) is 3. The van der Waals surface area contributed by atoms with Gasteiger partial charge in [-0.1, -0.05) is 49.2 Å². The van der Waals surface area contributed by atoms with Crippen molar-refractivity contribution in [1.82, 2.24) is 10.2 Å². The van der Waals surface area contributed by atoms with E-state index in [0.717, 1.165) is 25.2 Å². The third-order valence-corrected chi connectivity index (χ3v) is 4.58. The predicted molar refractivity (Wildman–Crippen MR) is 99.5 cm³/mol. The summed E-state index contributed by atoms with van der Waals surface area (Å²) in [7, 11) is 0. The van der Waals surface area contributed by atoms with Crippen LogP contribution in [0.25, 0.3) is 6.08 Å². The van der Waals surface area contributed by atoms with Crippen LogP contribution in [0.3, 0.4) is 0 Å². The fraction of sp³-hybridized carbons (Fsp3) is 0.500. The molecule has 1 saturated heterocycles. The van der Waals surface area contributed by atoms with Gasteiger partial charge in [0, 0.05) is 32.3 Å². The minimum absolute atomic E-state index is 0.0320. The zero-order valence-corrected chi connectivity index (χ0v) is 15.6. The van der Waals surface area contributed by atoms with Crippen LogP contribution in [0.1, 0.15) is 19.4 Å². The minimum Gasteiger partial charge on any atom is -0.374 e. The number of carbonyl (C=O) groups excluding carboxylic acids is 1. The van der Waals surface area contributed by atoms with Gasteiger partial charge in [0.05, 0.1) is 22.8 Å². The molecule has 4 nitrogen and oxygen atoms in total. The topological polar surface area (TPSA) is 41.6 Å². The molecule has 0 radical (unpaired) electrons. The Balaban J connectivity index is 1.80. The molecule has 1 aliphatic rings. The molecule has 0 aliphatic carbocycles. The van der Waals surface area contributed by atoms with Crippen LogP contribution in [-0.2, 0) is 9.53 Å². The zero-order chi connectivity index (χ0) is 17.5. The number of benzene rings is 1. The van der Waals surface area contributed by atoms with Crippen LogP contribution in [0.2, 0.25) is 10.0 Å². The number of halogens is 2. The average molecular weight is 371 g/mol. The van der Waals surface area contributed by atoms with E-state index in [0.29, 0.717) is 29.1 Å². The second kappa shape index (κ2) is 9.42. The van der Waals surface area contributed by atoms with E-state index in [1.807, 2.05) is 6.07 Å². The summed E-state index contributed by atoms with van der Waals surface area (Å²) >= 11 is 12.0. The van der Waals surface area contributed by atoms with Gasteiger partial charge in [0.2, 0.25) is 5.91 Å². The Morgan fingerprint density at radius 3 is 3.00 bits per heavy atom. The average Bonchev–Trinajstić information content (AvgIpc) is 2.54. The van der Waals surface area contributed by atoms with Crippen molar-refractivity contribution in [2.75, 3.05) is 32.8 Å². The third kappa shape index (κ3) is 6.10. The van der Waals surface area contributed by atoms with Crippen LogP contribution in [0, 0.1) is 5.92 Å². The van der Waals surface area contributed by atoms with Gasteiger partial charge < -0.3 is 10.1 Å². The van der Waals surface area contributed by atoms with Crippen molar-refractivity contribution >= 4 is 35.2 Å². The Morgan fingerprint density at radius 1 is 1.46 bits per heavy atom. The molecule has 6 heteroatoms. The summed E-state index contributed by atoms with van der Waals surface area (Å²) in [6, 6.07) is 5.32. The summed E-state index contributed by atoms with van der Waals surface area (Å²) in [5, 5.41) is 3.80. The molecule has 1 aliphatic heterocycles. The van der Waals surface area contributed by atoms with Gasteiger partial charge in [-0.05, 0) is 23.6 Å². The second-order valence-electron chi connectivity index (χ2n) is 6.37. The molecule has 0 spiro atoms. The standard InChI is InChI=1S/C18H24Cl2N2O2/c1-13(2)11-22-8-9-24-15(12-22)10-21-17(23)7-6-14-4-3-5-16(19)18(14)20/h3-7,13,15H,8-12H2,1-2H3,(H,21,23)/b7-6+. The van der Waals surface area contributed by atoms with Gasteiger partial charge in [0.15, 0.2) is 0 Å². The first-order valence-electron chi connectivity index (χ1n) is 8.19. The lowest BCUT2D eigenvalue weighted by molar-refractivity contribution is -0.117. The molecular formula is C18H24Cl2N2O2. The molecular weight excluding hydrogens is 347 g/mol. The second-order valence-corrected chi connectivity index (χ2v) is 7.15.